The Morgan fingerprint density at radius 1 is 1.16 bits per heavy atom. The molecule has 0 aromatic carbocycles. The van der Waals surface area contributed by atoms with Crippen LogP contribution in [0.5, 0.6) is 0 Å². The first-order valence-electron chi connectivity index (χ1n) is 7.44. The highest BCUT2D eigenvalue weighted by Gasteiger charge is 2.20. The number of likely N-dealkylation sites (tertiary alicyclic amines) is 1. The lowest BCUT2D eigenvalue weighted by Crippen LogP contribution is -2.45. The topological polar surface area (TPSA) is 56.0 Å². The molecule has 0 aromatic rings. The fraction of sp³-hybridized carbons (Fsp3) is 0.857. The largest absolute Gasteiger partial charge is 0.494 e. The number of piperidine rings is 1. The van der Waals surface area contributed by atoms with E-state index in [2.05, 4.69) is 21.7 Å². The third-order valence-electron chi connectivity index (χ3n) is 4.41. The minimum absolute atomic E-state index is 0.0733. The lowest BCUT2D eigenvalue weighted by molar-refractivity contribution is 0.137. The average Bonchev–Trinajstić information content (AvgIpc) is 2.39. The summed E-state index contributed by atoms with van der Waals surface area (Å²) >= 11 is 0. The van der Waals surface area contributed by atoms with Crippen molar-refractivity contribution in [3.63, 3.8) is 0 Å². The standard InChI is InChI=1S/C14H28N4O/c1-16-8-10-17(11-9-16)5-2-13-3-6-18(7-4-13)12-14(15)19/h12-13,19H,2-11,15H2,1H3/b14-12-. The van der Waals surface area contributed by atoms with E-state index in [4.69, 9.17) is 10.8 Å². The van der Waals surface area contributed by atoms with Gasteiger partial charge in [0.15, 0.2) is 5.88 Å². The van der Waals surface area contributed by atoms with Gasteiger partial charge in [0, 0.05) is 39.3 Å². The molecule has 19 heavy (non-hydrogen) atoms. The molecule has 0 aliphatic carbocycles. The van der Waals surface area contributed by atoms with E-state index in [0.717, 1.165) is 19.0 Å². The Hall–Kier alpha value is -0.940. The van der Waals surface area contributed by atoms with Crippen LogP contribution in [0.3, 0.4) is 0 Å². The normalized spacial score (nSPS) is 24.9. The summed E-state index contributed by atoms with van der Waals surface area (Å²) in [5.74, 6) is 0.764. The highest BCUT2D eigenvalue weighted by molar-refractivity contribution is 4.87. The average molecular weight is 268 g/mol. The van der Waals surface area contributed by atoms with Crippen molar-refractivity contribution < 1.29 is 5.11 Å². The number of nitrogens with zero attached hydrogens (tertiary/aromatic N) is 3. The third-order valence-corrected chi connectivity index (χ3v) is 4.41. The number of aliphatic hydroxyl groups excluding tert-OH is 1. The Balaban J connectivity index is 1.62. The summed E-state index contributed by atoms with van der Waals surface area (Å²) in [7, 11) is 2.20. The van der Waals surface area contributed by atoms with Crippen LogP contribution in [0.2, 0.25) is 0 Å². The highest BCUT2D eigenvalue weighted by Crippen LogP contribution is 2.21. The number of aliphatic hydroxyl groups is 1. The molecule has 5 heteroatoms. The van der Waals surface area contributed by atoms with Crippen LogP contribution in [0.1, 0.15) is 19.3 Å². The summed E-state index contributed by atoms with van der Waals surface area (Å²) < 4.78 is 0. The minimum Gasteiger partial charge on any atom is -0.494 e. The van der Waals surface area contributed by atoms with E-state index in [0.29, 0.717) is 0 Å². The lowest BCUT2D eigenvalue weighted by Gasteiger charge is -2.35. The molecule has 5 nitrogen and oxygen atoms in total. The summed E-state index contributed by atoms with van der Waals surface area (Å²) in [6.45, 7) is 8.15. The van der Waals surface area contributed by atoms with Gasteiger partial charge in [0.05, 0.1) is 6.20 Å². The van der Waals surface area contributed by atoms with Crippen molar-refractivity contribution in [3.8, 4) is 0 Å². The summed E-state index contributed by atoms with van der Waals surface area (Å²) in [5, 5.41) is 9.05. The van der Waals surface area contributed by atoms with Crippen LogP contribution in [0.15, 0.2) is 12.1 Å². The second-order valence-corrected chi connectivity index (χ2v) is 5.97. The number of rotatable bonds is 4. The van der Waals surface area contributed by atoms with E-state index in [1.54, 1.807) is 6.20 Å². The van der Waals surface area contributed by atoms with Gasteiger partial charge in [0.2, 0.25) is 0 Å². The molecule has 0 bridgehead atoms. The molecular formula is C14H28N4O. The summed E-state index contributed by atoms with van der Waals surface area (Å²) in [6.07, 6.45) is 5.42. The number of hydrogen-bond donors (Lipinski definition) is 2. The van der Waals surface area contributed by atoms with Gasteiger partial charge >= 0.3 is 0 Å². The SMILES string of the molecule is CN1CCN(CCC2CCN(/C=C(/N)O)CC2)CC1. The zero-order valence-electron chi connectivity index (χ0n) is 12.1. The zero-order valence-corrected chi connectivity index (χ0v) is 12.1. The van der Waals surface area contributed by atoms with E-state index in [9.17, 15) is 0 Å². The molecule has 110 valence electrons. The van der Waals surface area contributed by atoms with Crippen molar-refractivity contribution >= 4 is 0 Å². The smallest absolute Gasteiger partial charge is 0.198 e. The minimum atomic E-state index is -0.0733. The quantitative estimate of drug-likeness (QED) is 0.733. The fourth-order valence-electron chi connectivity index (χ4n) is 2.99. The van der Waals surface area contributed by atoms with Crippen LogP contribution in [0.4, 0.5) is 0 Å². The second-order valence-electron chi connectivity index (χ2n) is 5.97. The Morgan fingerprint density at radius 3 is 2.37 bits per heavy atom. The highest BCUT2D eigenvalue weighted by atomic mass is 16.3. The Labute approximate surface area is 116 Å². The molecule has 2 saturated heterocycles. The van der Waals surface area contributed by atoms with Crippen molar-refractivity contribution in [2.24, 2.45) is 11.7 Å². The van der Waals surface area contributed by atoms with Gasteiger partial charge < -0.3 is 25.5 Å². The van der Waals surface area contributed by atoms with Crippen molar-refractivity contribution in [1.29, 1.82) is 0 Å². The van der Waals surface area contributed by atoms with E-state index >= 15 is 0 Å². The van der Waals surface area contributed by atoms with Crippen LogP contribution in [-0.2, 0) is 0 Å². The van der Waals surface area contributed by atoms with Gasteiger partial charge in [0.1, 0.15) is 0 Å². The Morgan fingerprint density at radius 2 is 1.79 bits per heavy atom. The first-order chi connectivity index (χ1) is 9.13. The van der Waals surface area contributed by atoms with Gasteiger partial charge in [-0.15, -0.1) is 0 Å². The van der Waals surface area contributed by atoms with Crippen molar-refractivity contribution in [1.82, 2.24) is 14.7 Å². The summed E-state index contributed by atoms with van der Waals surface area (Å²) in [6, 6.07) is 0. The second kappa shape index (κ2) is 7.01. The van der Waals surface area contributed by atoms with Gasteiger partial charge in [-0.05, 0) is 38.8 Å². The Kier molecular flexibility index (Phi) is 5.34. The molecule has 0 saturated carbocycles. The molecule has 0 amide bonds. The van der Waals surface area contributed by atoms with Crippen LogP contribution in [0.25, 0.3) is 0 Å². The molecule has 0 aromatic heterocycles. The molecule has 2 heterocycles. The van der Waals surface area contributed by atoms with E-state index in [1.165, 1.54) is 52.0 Å². The molecule has 2 aliphatic rings. The molecule has 2 aliphatic heterocycles. The van der Waals surface area contributed by atoms with Gasteiger partial charge in [-0.1, -0.05) is 0 Å². The van der Waals surface area contributed by atoms with E-state index < -0.39 is 0 Å². The van der Waals surface area contributed by atoms with Crippen LogP contribution in [-0.4, -0.2) is 72.7 Å². The van der Waals surface area contributed by atoms with Crippen molar-refractivity contribution in [2.45, 2.75) is 19.3 Å². The maximum absolute atomic E-state index is 9.05. The molecule has 0 spiro atoms. The van der Waals surface area contributed by atoms with Crippen LogP contribution < -0.4 is 5.73 Å². The van der Waals surface area contributed by atoms with Gasteiger partial charge in [-0.3, -0.25) is 0 Å². The molecule has 2 rings (SSSR count). The van der Waals surface area contributed by atoms with Gasteiger partial charge in [-0.2, -0.15) is 0 Å². The van der Waals surface area contributed by atoms with Crippen LogP contribution in [0, 0.1) is 5.92 Å². The number of likely N-dealkylation sites (N-methyl/N-ethyl adjacent to an activating group) is 1. The molecular weight excluding hydrogens is 240 g/mol. The fourth-order valence-corrected chi connectivity index (χ4v) is 2.99. The maximum Gasteiger partial charge on any atom is 0.198 e. The van der Waals surface area contributed by atoms with Crippen LogP contribution >= 0.6 is 0 Å². The monoisotopic (exact) mass is 268 g/mol. The Bertz CT molecular complexity index is 288. The molecule has 0 atom stereocenters. The van der Waals surface area contributed by atoms with Crippen molar-refractivity contribution in [3.05, 3.63) is 12.1 Å². The van der Waals surface area contributed by atoms with E-state index in [-0.39, 0.29) is 5.88 Å². The number of hydrogen-bond acceptors (Lipinski definition) is 5. The maximum atomic E-state index is 9.05. The first kappa shape index (κ1) is 14.5. The summed E-state index contributed by atoms with van der Waals surface area (Å²) in [4.78, 5) is 7.13. The van der Waals surface area contributed by atoms with Crippen molar-refractivity contribution in [2.75, 3.05) is 52.9 Å². The number of piperazine rings is 1. The third kappa shape index (κ3) is 4.91. The molecule has 3 N–H and O–H groups in total. The summed E-state index contributed by atoms with van der Waals surface area (Å²) in [5.41, 5.74) is 5.29. The lowest BCUT2D eigenvalue weighted by atomic mass is 9.93. The zero-order chi connectivity index (χ0) is 13.7. The number of nitrogens with two attached hydrogens (primary N) is 1. The van der Waals surface area contributed by atoms with Gasteiger partial charge in [0.25, 0.3) is 0 Å². The van der Waals surface area contributed by atoms with E-state index in [1.807, 2.05) is 0 Å². The predicted molar refractivity (Wildman–Crippen MR) is 77.8 cm³/mol. The predicted octanol–water partition coefficient (Wildman–Crippen LogP) is 0.652. The molecule has 0 radical (unpaired) electrons. The molecule has 2 fully saturated rings. The first-order valence-corrected chi connectivity index (χ1v) is 7.44. The molecule has 0 unspecified atom stereocenters. The van der Waals surface area contributed by atoms with Gasteiger partial charge in [-0.25, -0.2) is 0 Å².